The molecule has 1 aliphatic rings. The van der Waals surface area contributed by atoms with Gasteiger partial charge in [-0.25, -0.2) is 0 Å². The summed E-state index contributed by atoms with van der Waals surface area (Å²) in [5.41, 5.74) is 2.08. The fraction of sp³-hybridized carbons (Fsp3) is 0.368. The van der Waals surface area contributed by atoms with E-state index in [-0.39, 0.29) is 12.4 Å². The second-order valence-electron chi connectivity index (χ2n) is 6.62. The number of rotatable bonds is 4. The molecular weight excluding hydrogens is 348 g/mol. The smallest absolute Gasteiger partial charge is 0.150 e. The van der Waals surface area contributed by atoms with Gasteiger partial charge in [0.05, 0.1) is 17.0 Å². The van der Waals surface area contributed by atoms with E-state index in [0.29, 0.717) is 17.8 Å². The molecule has 1 aliphatic heterocycles. The monoisotopic (exact) mass is 370 g/mol. The first kappa shape index (κ1) is 17.2. The molecular formula is C19H22N4O2S. The van der Waals surface area contributed by atoms with E-state index in [0.717, 1.165) is 37.6 Å². The van der Waals surface area contributed by atoms with Crippen LogP contribution in [0.2, 0.25) is 0 Å². The van der Waals surface area contributed by atoms with Gasteiger partial charge in [-0.1, -0.05) is 12.1 Å². The predicted molar refractivity (Wildman–Crippen MR) is 104 cm³/mol. The van der Waals surface area contributed by atoms with Crippen LogP contribution in [0.5, 0.6) is 5.75 Å². The molecule has 136 valence electrons. The van der Waals surface area contributed by atoms with Gasteiger partial charge in [0.1, 0.15) is 11.6 Å². The largest absolute Gasteiger partial charge is 0.506 e. The summed E-state index contributed by atoms with van der Waals surface area (Å²) < 4.78 is 5.87. The van der Waals surface area contributed by atoms with Crippen molar-refractivity contribution in [3.8, 4) is 5.75 Å². The highest BCUT2D eigenvalue weighted by Gasteiger charge is 2.22. The van der Waals surface area contributed by atoms with E-state index in [1.54, 1.807) is 24.7 Å². The first-order valence-corrected chi connectivity index (χ1v) is 9.53. The Hall–Kier alpha value is -2.22. The van der Waals surface area contributed by atoms with Crippen LogP contribution in [0.1, 0.15) is 16.8 Å². The molecule has 1 saturated heterocycles. The highest BCUT2D eigenvalue weighted by Crippen LogP contribution is 2.30. The normalized spacial score (nSPS) is 15.7. The standard InChI is InChI=1S/C19H22N4O2S/c1-13-18(25)16(14(12-24)10-20-13)11-22-6-8-23(9-7-22)19-15-4-2-3-5-17(15)26-21-19/h2-5,10,24-25H,6-9,11-12H2,1H3. The van der Waals surface area contributed by atoms with E-state index in [4.69, 9.17) is 0 Å². The third kappa shape index (κ3) is 3.13. The number of benzene rings is 1. The van der Waals surface area contributed by atoms with E-state index in [1.807, 2.05) is 6.07 Å². The van der Waals surface area contributed by atoms with Gasteiger partial charge in [-0.15, -0.1) is 0 Å². The third-order valence-electron chi connectivity index (χ3n) is 5.01. The van der Waals surface area contributed by atoms with Crippen LogP contribution in [0, 0.1) is 6.92 Å². The number of aliphatic hydroxyl groups is 1. The molecule has 4 rings (SSSR count). The second kappa shape index (κ2) is 7.19. The SMILES string of the molecule is Cc1ncc(CO)c(CN2CCN(c3nsc4ccccc34)CC2)c1O. The Bertz CT molecular complexity index is 919. The van der Waals surface area contributed by atoms with Gasteiger partial charge in [0, 0.05) is 55.4 Å². The maximum atomic E-state index is 10.3. The Kier molecular flexibility index (Phi) is 4.76. The van der Waals surface area contributed by atoms with Crippen LogP contribution in [-0.4, -0.2) is 50.6 Å². The number of aliphatic hydroxyl groups excluding tert-OH is 1. The van der Waals surface area contributed by atoms with Crippen molar-refractivity contribution in [2.75, 3.05) is 31.1 Å². The minimum absolute atomic E-state index is 0.110. The summed E-state index contributed by atoms with van der Waals surface area (Å²) >= 11 is 1.55. The zero-order valence-electron chi connectivity index (χ0n) is 14.7. The molecule has 3 heterocycles. The lowest BCUT2D eigenvalue weighted by molar-refractivity contribution is 0.238. The number of fused-ring (bicyclic) bond motifs is 1. The van der Waals surface area contributed by atoms with Gasteiger partial charge < -0.3 is 15.1 Å². The van der Waals surface area contributed by atoms with Gasteiger partial charge in [-0.3, -0.25) is 9.88 Å². The molecule has 3 aromatic rings. The lowest BCUT2D eigenvalue weighted by atomic mass is 10.1. The molecule has 0 radical (unpaired) electrons. The Balaban J connectivity index is 1.47. The van der Waals surface area contributed by atoms with Crippen LogP contribution in [0.25, 0.3) is 10.1 Å². The van der Waals surface area contributed by atoms with Crippen LogP contribution in [0.15, 0.2) is 30.5 Å². The first-order valence-electron chi connectivity index (χ1n) is 8.76. The van der Waals surface area contributed by atoms with Gasteiger partial charge in [0.2, 0.25) is 0 Å². The third-order valence-corrected chi connectivity index (χ3v) is 5.83. The maximum absolute atomic E-state index is 10.3. The minimum Gasteiger partial charge on any atom is -0.506 e. The number of anilines is 1. The number of pyridine rings is 1. The summed E-state index contributed by atoms with van der Waals surface area (Å²) in [4.78, 5) is 8.77. The van der Waals surface area contributed by atoms with Crippen LogP contribution < -0.4 is 4.90 Å². The molecule has 1 aromatic carbocycles. The number of aryl methyl sites for hydroxylation is 1. The number of piperazine rings is 1. The molecule has 0 atom stereocenters. The average molecular weight is 370 g/mol. The van der Waals surface area contributed by atoms with Crippen molar-refractivity contribution in [2.45, 2.75) is 20.1 Å². The molecule has 1 fully saturated rings. The Morgan fingerprint density at radius 2 is 1.92 bits per heavy atom. The van der Waals surface area contributed by atoms with Gasteiger partial charge in [-0.05, 0) is 30.6 Å². The quantitative estimate of drug-likeness (QED) is 0.735. The molecule has 0 aliphatic carbocycles. The van der Waals surface area contributed by atoms with Crippen LogP contribution in [0.3, 0.4) is 0 Å². The van der Waals surface area contributed by atoms with Crippen molar-refractivity contribution in [1.82, 2.24) is 14.3 Å². The molecule has 0 saturated carbocycles. The van der Waals surface area contributed by atoms with Crippen molar-refractivity contribution in [2.24, 2.45) is 0 Å². The van der Waals surface area contributed by atoms with Crippen LogP contribution in [0.4, 0.5) is 5.82 Å². The van der Waals surface area contributed by atoms with Gasteiger partial charge in [0.15, 0.2) is 0 Å². The van der Waals surface area contributed by atoms with E-state index in [1.165, 1.54) is 10.1 Å². The molecule has 0 amide bonds. The summed E-state index contributed by atoms with van der Waals surface area (Å²) in [5.74, 6) is 1.27. The highest BCUT2D eigenvalue weighted by atomic mass is 32.1. The average Bonchev–Trinajstić information content (AvgIpc) is 3.10. The molecule has 26 heavy (non-hydrogen) atoms. The van der Waals surface area contributed by atoms with E-state index in [9.17, 15) is 10.2 Å². The summed E-state index contributed by atoms with van der Waals surface area (Å²) in [6.07, 6.45) is 1.65. The molecule has 7 heteroatoms. The molecule has 0 bridgehead atoms. The van der Waals surface area contributed by atoms with Crippen molar-refractivity contribution in [1.29, 1.82) is 0 Å². The number of aromatic nitrogens is 2. The number of hydrogen-bond acceptors (Lipinski definition) is 7. The van der Waals surface area contributed by atoms with Gasteiger partial charge in [0.25, 0.3) is 0 Å². The lowest BCUT2D eigenvalue weighted by Crippen LogP contribution is -2.46. The van der Waals surface area contributed by atoms with E-state index < -0.39 is 0 Å². The van der Waals surface area contributed by atoms with Crippen LogP contribution >= 0.6 is 11.5 Å². The molecule has 6 nitrogen and oxygen atoms in total. The zero-order chi connectivity index (χ0) is 18.1. The number of hydrogen-bond donors (Lipinski definition) is 2. The number of aromatic hydroxyl groups is 1. The fourth-order valence-electron chi connectivity index (χ4n) is 3.44. The van der Waals surface area contributed by atoms with Crippen LogP contribution in [-0.2, 0) is 13.2 Å². The van der Waals surface area contributed by atoms with Crippen molar-refractivity contribution in [3.05, 3.63) is 47.3 Å². The lowest BCUT2D eigenvalue weighted by Gasteiger charge is -2.35. The summed E-state index contributed by atoms with van der Waals surface area (Å²) in [6.45, 7) is 5.86. The van der Waals surface area contributed by atoms with Gasteiger partial charge >= 0.3 is 0 Å². The van der Waals surface area contributed by atoms with Crippen molar-refractivity contribution < 1.29 is 10.2 Å². The summed E-state index contributed by atoms with van der Waals surface area (Å²) in [7, 11) is 0. The molecule has 2 N–H and O–H groups in total. The second-order valence-corrected chi connectivity index (χ2v) is 7.42. The van der Waals surface area contributed by atoms with E-state index >= 15 is 0 Å². The topological polar surface area (TPSA) is 72.7 Å². The Labute approximate surface area is 156 Å². The maximum Gasteiger partial charge on any atom is 0.150 e. The number of nitrogens with zero attached hydrogens (tertiary/aromatic N) is 4. The van der Waals surface area contributed by atoms with E-state index in [2.05, 4.69) is 37.4 Å². The fourth-order valence-corrected chi connectivity index (χ4v) is 4.23. The summed E-state index contributed by atoms with van der Waals surface area (Å²) in [5, 5.41) is 21.1. The predicted octanol–water partition coefficient (Wildman–Crippen LogP) is 2.52. The zero-order valence-corrected chi connectivity index (χ0v) is 15.5. The molecule has 0 spiro atoms. The van der Waals surface area contributed by atoms with Crippen molar-refractivity contribution in [3.63, 3.8) is 0 Å². The minimum atomic E-state index is -0.110. The van der Waals surface area contributed by atoms with Gasteiger partial charge in [-0.2, -0.15) is 4.37 Å². The first-order chi connectivity index (χ1) is 12.7. The van der Waals surface area contributed by atoms with Crippen molar-refractivity contribution >= 4 is 27.4 Å². The highest BCUT2D eigenvalue weighted by molar-refractivity contribution is 7.13. The molecule has 2 aromatic heterocycles. The Morgan fingerprint density at radius 3 is 2.69 bits per heavy atom. The Morgan fingerprint density at radius 1 is 1.15 bits per heavy atom. The molecule has 0 unspecified atom stereocenters. The summed E-state index contributed by atoms with van der Waals surface area (Å²) in [6, 6.07) is 8.34.